The van der Waals surface area contributed by atoms with Gasteiger partial charge in [0.15, 0.2) is 12.7 Å². The second-order valence-corrected chi connectivity index (χ2v) is 10.3. The molecule has 1 unspecified atom stereocenters. The van der Waals surface area contributed by atoms with Gasteiger partial charge in [0.2, 0.25) is 0 Å². The summed E-state index contributed by atoms with van der Waals surface area (Å²) in [5.74, 6) is -102. The Morgan fingerprint density at radius 2 is 0.708 bits per heavy atom. The highest BCUT2D eigenvalue weighted by atomic mass is 19.4. The normalized spacial score (nSPS) is 17.1. The van der Waals surface area contributed by atoms with Crippen molar-refractivity contribution >= 4 is 5.97 Å². The number of nitrogens with zero attached hydrogens (tertiary/aromatic N) is 1. The quantitative estimate of drug-likeness (QED) is 0.126. The molecule has 0 amide bonds. The van der Waals surface area contributed by atoms with E-state index in [1.54, 1.807) is 0 Å². The van der Waals surface area contributed by atoms with Gasteiger partial charge < -0.3 is 9.59 Å². The minimum atomic E-state index is -9.71. The lowest BCUT2D eigenvalue weighted by atomic mass is 9.84. The fourth-order valence-electron chi connectivity index (χ4n) is 3.25. The molecule has 29 heteroatoms. The van der Waals surface area contributed by atoms with Gasteiger partial charge in [0, 0.05) is 6.42 Å². The summed E-state index contributed by atoms with van der Waals surface area (Å²) in [7, 11) is 1.34. The molecule has 288 valence electrons. The minimum Gasteiger partial charge on any atom is -0.477 e. The van der Waals surface area contributed by atoms with Gasteiger partial charge in [-0.15, -0.1) is 0 Å². The minimum absolute atomic E-state index is 0.669. The first-order valence-corrected chi connectivity index (χ1v) is 11.2. The van der Waals surface area contributed by atoms with Crippen LogP contribution in [0, 0.1) is 0 Å². The Kier molecular flexibility index (Phi) is 11.3. The highest BCUT2D eigenvalue weighted by Gasteiger charge is 2.99. The molecular weight excluding hydrogens is 768 g/mol. The smallest absolute Gasteiger partial charge is 0.460 e. The van der Waals surface area contributed by atoms with Crippen molar-refractivity contribution in [1.29, 1.82) is 0 Å². The summed E-state index contributed by atoms with van der Waals surface area (Å²) in [5, 5.41) is 8.55. The number of alkyl halides is 26. The van der Waals surface area contributed by atoms with Crippen LogP contribution >= 0.6 is 0 Å². The predicted molar refractivity (Wildman–Crippen MR) is 99.5 cm³/mol. The Morgan fingerprint density at radius 3 is 0.938 bits per heavy atom. The van der Waals surface area contributed by atoms with E-state index < -0.39 is 107 Å². The number of likely N-dealkylation sites (N-methyl/N-ethyl adjacent to an activating group) is 1. The molecule has 0 aliphatic heterocycles. The van der Waals surface area contributed by atoms with Gasteiger partial charge in [-0.1, -0.05) is 0 Å². The van der Waals surface area contributed by atoms with E-state index in [1.807, 2.05) is 0 Å². The maximum absolute atomic E-state index is 14.0. The van der Waals surface area contributed by atoms with Crippen molar-refractivity contribution in [2.75, 3.05) is 27.2 Å². The lowest BCUT2D eigenvalue weighted by Gasteiger charge is -2.45. The summed E-state index contributed by atoms with van der Waals surface area (Å²) in [6.07, 6.45) is -15.6. The van der Waals surface area contributed by atoms with E-state index in [0.29, 0.717) is 14.1 Å². The predicted octanol–water partition coefficient (Wildman–Crippen LogP) is 8.43. The Hall–Kier alpha value is -2.39. The van der Waals surface area contributed by atoms with Gasteiger partial charge in [-0.3, -0.25) is 0 Å². The van der Waals surface area contributed by atoms with Crippen LogP contribution in [0.1, 0.15) is 6.42 Å². The molecule has 1 N–H and O–H groups in total. The Bertz CT molecular complexity index is 1170. The average molecular weight is 782 g/mol. The Balaban J connectivity index is 7.16. The molecule has 0 aromatic carbocycles. The number of hydrogen-bond acceptors (Lipinski definition) is 1. The van der Waals surface area contributed by atoms with Crippen molar-refractivity contribution in [3.05, 3.63) is 0 Å². The van der Waals surface area contributed by atoms with Crippen LogP contribution in [0.3, 0.4) is 0 Å². The first-order valence-electron chi connectivity index (χ1n) is 11.2. The van der Waals surface area contributed by atoms with Crippen LogP contribution in [0.5, 0.6) is 0 Å². The second kappa shape index (κ2) is 11.9. The fraction of sp³-hybridized carbons (Fsp3) is 0.947. The van der Waals surface area contributed by atoms with E-state index in [1.165, 1.54) is 0 Å². The van der Waals surface area contributed by atoms with Gasteiger partial charge in [0.05, 0.1) is 20.6 Å². The summed E-state index contributed by atoms with van der Waals surface area (Å²) in [5.41, 5.74) is 0. The van der Waals surface area contributed by atoms with Crippen molar-refractivity contribution < 1.29 is 129 Å². The van der Waals surface area contributed by atoms with Gasteiger partial charge in [-0.2, -0.15) is 110 Å². The summed E-state index contributed by atoms with van der Waals surface area (Å²) in [6, 6.07) is 0. The number of hydrogen-bond donors (Lipinski definition) is 1. The number of aliphatic carboxylic acids is 1. The molecule has 0 saturated heterocycles. The van der Waals surface area contributed by atoms with Crippen LogP contribution in [-0.4, -0.2) is 120 Å². The molecule has 0 bridgehead atoms. The van der Waals surface area contributed by atoms with Gasteiger partial charge in [-0.05, 0) is 0 Å². The molecule has 0 aliphatic carbocycles. The number of quaternary nitrogens is 1. The van der Waals surface area contributed by atoms with Gasteiger partial charge >= 0.3 is 77.3 Å². The van der Waals surface area contributed by atoms with E-state index >= 15 is 0 Å². The summed E-state index contributed by atoms with van der Waals surface area (Å²) < 4.78 is 349. The number of carboxylic acid groups (broad SMARTS) is 1. The van der Waals surface area contributed by atoms with Crippen LogP contribution < -0.4 is 0 Å². The molecule has 0 spiro atoms. The zero-order valence-corrected chi connectivity index (χ0v) is 22.3. The van der Waals surface area contributed by atoms with Crippen LogP contribution in [0.25, 0.3) is 0 Å². The summed E-state index contributed by atoms with van der Waals surface area (Å²) in [6.45, 7) is -2.69. The molecule has 48 heavy (non-hydrogen) atoms. The van der Waals surface area contributed by atoms with E-state index in [0.717, 1.165) is 0 Å². The van der Waals surface area contributed by atoms with Gasteiger partial charge in [0.1, 0.15) is 0 Å². The summed E-state index contributed by atoms with van der Waals surface area (Å²) in [4.78, 5) is 10.6. The van der Waals surface area contributed by atoms with Crippen molar-refractivity contribution in [1.82, 2.24) is 0 Å². The first kappa shape index (κ1) is 45.6. The van der Waals surface area contributed by atoms with Crippen LogP contribution in [0.2, 0.25) is 0 Å². The molecule has 0 heterocycles. The fourth-order valence-corrected chi connectivity index (χ4v) is 3.25. The van der Waals surface area contributed by atoms with E-state index in [2.05, 4.69) is 0 Å². The number of rotatable bonds is 16. The number of carbonyl (C=O) groups is 1. The van der Waals surface area contributed by atoms with Crippen LogP contribution in [-0.2, 0) is 4.79 Å². The lowest BCUT2D eigenvalue weighted by Crippen LogP contribution is -2.78. The zero-order valence-electron chi connectivity index (χ0n) is 22.3. The third kappa shape index (κ3) is 6.13. The van der Waals surface area contributed by atoms with Crippen LogP contribution in [0.4, 0.5) is 114 Å². The molecule has 0 aliphatic rings. The summed E-state index contributed by atoms with van der Waals surface area (Å²) >= 11 is 0. The topological polar surface area (TPSA) is 37.3 Å². The van der Waals surface area contributed by atoms with Gasteiger partial charge in [-0.25, -0.2) is 9.18 Å². The highest BCUT2D eigenvalue weighted by molar-refractivity contribution is 5.67. The molecule has 0 radical (unpaired) electrons. The first-order chi connectivity index (χ1) is 20.3. The Morgan fingerprint density at radius 1 is 0.479 bits per heavy atom. The van der Waals surface area contributed by atoms with Crippen molar-refractivity contribution in [3.8, 4) is 0 Å². The highest BCUT2D eigenvalue weighted by Crippen LogP contribution is 2.68. The molecule has 0 aromatic heterocycles. The van der Waals surface area contributed by atoms with Crippen LogP contribution in [0.15, 0.2) is 0 Å². The number of halogens is 26. The standard InChI is InChI=1S/C19H13F26NO2/c1-46(2,5-7(47)48)4-3-6(20)8(21,22)9(23,24)10(25,26)11(27,28)12(29,30)13(31,32)14(33,34)15(35,36)16(37,38)17(39,40)18(41,42)19(43,44)45/h6H,3-5H2,1-2H3/p+1. The van der Waals surface area contributed by atoms with E-state index in [9.17, 15) is 119 Å². The lowest BCUT2D eigenvalue weighted by molar-refractivity contribution is -0.883. The largest absolute Gasteiger partial charge is 0.477 e. The maximum atomic E-state index is 14.0. The SMILES string of the molecule is C[N+](C)(CCC(F)C(F)(F)C(F)(F)C(F)(F)C(F)(F)C(F)(F)C(F)(F)C(F)(F)C(F)(F)C(F)(F)C(F)(F)C(F)(F)C(F)(F)F)CC(=O)O. The molecule has 0 aromatic rings. The molecule has 1 atom stereocenters. The average Bonchev–Trinajstić information content (AvgIpc) is 2.84. The molecule has 0 rings (SSSR count). The van der Waals surface area contributed by atoms with Crippen molar-refractivity contribution in [3.63, 3.8) is 0 Å². The van der Waals surface area contributed by atoms with E-state index in [4.69, 9.17) is 5.11 Å². The molecular formula is C19H14F26NO2+. The molecule has 0 fully saturated rings. The maximum Gasteiger partial charge on any atom is 0.460 e. The number of carboxylic acids is 1. The Labute approximate surface area is 247 Å². The molecule has 3 nitrogen and oxygen atoms in total. The van der Waals surface area contributed by atoms with Crippen molar-refractivity contribution in [2.45, 2.75) is 83.9 Å². The second-order valence-electron chi connectivity index (χ2n) is 10.3. The third-order valence-corrected chi connectivity index (χ3v) is 6.27. The zero-order chi connectivity index (χ0) is 39.8. The van der Waals surface area contributed by atoms with Gasteiger partial charge in [0.25, 0.3) is 0 Å². The third-order valence-electron chi connectivity index (χ3n) is 6.27. The van der Waals surface area contributed by atoms with Crippen molar-refractivity contribution in [2.24, 2.45) is 0 Å². The monoisotopic (exact) mass is 782 g/mol. The van der Waals surface area contributed by atoms with E-state index in [-0.39, 0.29) is 0 Å². The molecule has 0 saturated carbocycles.